The Balaban J connectivity index is 1.14. The molecule has 0 bridgehead atoms. The predicted molar refractivity (Wildman–Crippen MR) is 194 cm³/mol. The fourth-order valence-electron chi connectivity index (χ4n) is 6.84. The first-order valence-electron chi connectivity index (χ1n) is 15.9. The molecule has 0 aliphatic carbocycles. The number of nitrogens with zero attached hydrogens (tertiary/aromatic N) is 4. The molecule has 0 radical (unpaired) electrons. The zero-order chi connectivity index (χ0) is 31.3. The van der Waals surface area contributed by atoms with Crippen molar-refractivity contribution in [2.75, 3.05) is 0 Å². The van der Waals surface area contributed by atoms with E-state index in [2.05, 4.69) is 168 Å². The lowest BCUT2D eigenvalue weighted by Gasteiger charge is -2.11. The standard InChI is InChI=1S/C43H30N4/c1-29-41(45-47-40(31-13-4-2-5-14-31)28-34-17-8-9-20-37(34)42(29)47)35-19-12-18-33(27-35)30-23-25-36(26-24-30)46-39-22-11-10-21-38(39)44-43(46)32-15-6-3-7-16-32/h2-28H,1H3. The molecular formula is C43H30N4. The van der Waals surface area contributed by atoms with Gasteiger partial charge in [0.05, 0.1) is 27.9 Å². The van der Waals surface area contributed by atoms with Crippen LogP contribution in [0.15, 0.2) is 164 Å². The highest BCUT2D eigenvalue weighted by Crippen LogP contribution is 2.36. The lowest BCUT2D eigenvalue weighted by atomic mass is 9.99. The smallest absolute Gasteiger partial charge is 0.145 e. The van der Waals surface area contributed by atoms with Gasteiger partial charge in [-0.15, -0.1) is 0 Å². The van der Waals surface area contributed by atoms with E-state index in [-0.39, 0.29) is 0 Å². The van der Waals surface area contributed by atoms with Crippen LogP contribution in [0, 0.1) is 6.92 Å². The number of rotatable bonds is 5. The molecule has 0 unspecified atom stereocenters. The van der Waals surface area contributed by atoms with E-state index in [0.29, 0.717) is 0 Å². The van der Waals surface area contributed by atoms with E-state index in [1.807, 2.05) is 12.1 Å². The van der Waals surface area contributed by atoms with Crippen LogP contribution in [0.5, 0.6) is 0 Å². The van der Waals surface area contributed by atoms with Gasteiger partial charge >= 0.3 is 0 Å². The van der Waals surface area contributed by atoms with Crippen LogP contribution in [0.3, 0.4) is 0 Å². The van der Waals surface area contributed by atoms with Gasteiger partial charge in [0.1, 0.15) is 5.82 Å². The molecule has 222 valence electrons. The summed E-state index contributed by atoms with van der Waals surface area (Å²) < 4.78 is 4.38. The molecule has 4 heteroatoms. The molecule has 0 amide bonds. The van der Waals surface area contributed by atoms with Crippen molar-refractivity contribution in [3.63, 3.8) is 0 Å². The molecular weight excluding hydrogens is 573 g/mol. The van der Waals surface area contributed by atoms with Crippen molar-refractivity contribution in [1.82, 2.24) is 19.2 Å². The van der Waals surface area contributed by atoms with Crippen LogP contribution in [-0.4, -0.2) is 19.2 Å². The fraction of sp³-hybridized carbons (Fsp3) is 0.0233. The van der Waals surface area contributed by atoms with Crippen LogP contribution in [0.25, 0.3) is 78.0 Å². The van der Waals surface area contributed by atoms with Gasteiger partial charge in [-0.25, -0.2) is 9.50 Å². The van der Waals surface area contributed by atoms with Gasteiger partial charge in [-0.1, -0.05) is 127 Å². The van der Waals surface area contributed by atoms with Gasteiger partial charge < -0.3 is 0 Å². The van der Waals surface area contributed by atoms with Gasteiger partial charge in [0.2, 0.25) is 0 Å². The van der Waals surface area contributed by atoms with Gasteiger partial charge in [-0.2, -0.15) is 5.10 Å². The number of aryl methyl sites for hydroxylation is 1. The fourth-order valence-corrected chi connectivity index (χ4v) is 6.84. The van der Waals surface area contributed by atoms with E-state index >= 15 is 0 Å². The van der Waals surface area contributed by atoms with Crippen LogP contribution in [0.2, 0.25) is 0 Å². The Labute approximate surface area is 272 Å². The molecule has 0 spiro atoms. The summed E-state index contributed by atoms with van der Waals surface area (Å²) >= 11 is 0. The number of aromatic nitrogens is 4. The predicted octanol–water partition coefficient (Wildman–Crippen LogP) is 10.8. The highest BCUT2D eigenvalue weighted by molar-refractivity contribution is 6.01. The summed E-state index contributed by atoms with van der Waals surface area (Å²) in [7, 11) is 0. The number of para-hydroxylation sites is 2. The summed E-state index contributed by atoms with van der Waals surface area (Å²) in [6, 6.07) is 57.6. The monoisotopic (exact) mass is 602 g/mol. The number of pyridine rings is 1. The number of hydrogen-bond donors (Lipinski definition) is 0. The number of fused-ring (bicyclic) bond motifs is 4. The van der Waals surface area contributed by atoms with Gasteiger partial charge in [-0.3, -0.25) is 4.57 Å². The van der Waals surface area contributed by atoms with Crippen molar-refractivity contribution in [2.24, 2.45) is 0 Å². The van der Waals surface area contributed by atoms with Crippen molar-refractivity contribution >= 4 is 27.3 Å². The Morgan fingerprint density at radius 1 is 0.511 bits per heavy atom. The number of imidazole rings is 1. The van der Waals surface area contributed by atoms with Crippen molar-refractivity contribution in [2.45, 2.75) is 6.92 Å². The Hall–Kier alpha value is -6.26. The van der Waals surface area contributed by atoms with Gasteiger partial charge in [-0.05, 0) is 59.8 Å². The van der Waals surface area contributed by atoms with Gasteiger partial charge in [0.25, 0.3) is 0 Å². The van der Waals surface area contributed by atoms with Crippen molar-refractivity contribution in [1.29, 1.82) is 0 Å². The SMILES string of the molecule is Cc1c(-c2cccc(-c3ccc(-n4c(-c5ccccc5)nc5ccccc54)cc3)c2)nn2c(-c3ccccc3)cc3ccccc3c12. The maximum Gasteiger partial charge on any atom is 0.145 e. The van der Waals surface area contributed by atoms with E-state index in [4.69, 9.17) is 10.1 Å². The number of hydrogen-bond acceptors (Lipinski definition) is 2. The van der Waals surface area contributed by atoms with Crippen molar-refractivity contribution in [3.05, 3.63) is 169 Å². The molecule has 9 aromatic rings. The molecule has 3 heterocycles. The molecule has 0 saturated heterocycles. The largest absolute Gasteiger partial charge is 0.292 e. The minimum Gasteiger partial charge on any atom is -0.292 e. The normalized spacial score (nSPS) is 11.5. The van der Waals surface area contributed by atoms with Crippen LogP contribution in [0.1, 0.15) is 5.56 Å². The third-order valence-corrected chi connectivity index (χ3v) is 9.12. The van der Waals surface area contributed by atoms with E-state index in [9.17, 15) is 0 Å². The molecule has 4 nitrogen and oxygen atoms in total. The molecule has 0 aliphatic heterocycles. The highest BCUT2D eigenvalue weighted by atomic mass is 15.2. The molecule has 0 atom stereocenters. The quantitative estimate of drug-likeness (QED) is 0.196. The van der Waals surface area contributed by atoms with E-state index in [1.54, 1.807) is 0 Å². The topological polar surface area (TPSA) is 35.1 Å². The lowest BCUT2D eigenvalue weighted by Crippen LogP contribution is -1.97. The summed E-state index contributed by atoms with van der Waals surface area (Å²) in [5.41, 5.74) is 13.2. The second kappa shape index (κ2) is 11.0. The second-order valence-corrected chi connectivity index (χ2v) is 12.0. The van der Waals surface area contributed by atoms with E-state index in [1.165, 1.54) is 16.3 Å². The summed E-state index contributed by atoms with van der Waals surface area (Å²) in [5, 5.41) is 7.68. The molecule has 47 heavy (non-hydrogen) atoms. The molecule has 9 rings (SSSR count). The average Bonchev–Trinajstić information content (AvgIpc) is 3.71. The maximum absolute atomic E-state index is 5.27. The zero-order valence-electron chi connectivity index (χ0n) is 25.9. The molecule has 0 aliphatic rings. The Bertz CT molecular complexity index is 2560. The third-order valence-electron chi connectivity index (χ3n) is 9.12. The van der Waals surface area contributed by atoms with Crippen LogP contribution < -0.4 is 0 Å². The summed E-state index contributed by atoms with van der Waals surface area (Å²) in [4.78, 5) is 5.01. The lowest BCUT2D eigenvalue weighted by molar-refractivity contribution is 0.979. The Morgan fingerprint density at radius 3 is 1.98 bits per heavy atom. The minimum atomic E-state index is 0.936. The zero-order valence-corrected chi connectivity index (χ0v) is 25.9. The molecule has 0 fully saturated rings. The van der Waals surface area contributed by atoms with Crippen molar-refractivity contribution < 1.29 is 0 Å². The first kappa shape index (κ1) is 27.1. The third kappa shape index (κ3) is 4.53. The Kier molecular flexibility index (Phi) is 6.32. The summed E-state index contributed by atoms with van der Waals surface area (Å²) in [6.45, 7) is 2.19. The van der Waals surface area contributed by atoms with E-state index < -0.39 is 0 Å². The first-order valence-corrected chi connectivity index (χ1v) is 15.9. The molecule has 0 N–H and O–H groups in total. The van der Waals surface area contributed by atoms with E-state index in [0.717, 1.165) is 67.3 Å². The van der Waals surface area contributed by atoms with Gasteiger partial charge in [0, 0.05) is 33.3 Å². The van der Waals surface area contributed by atoms with Crippen LogP contribution in [-0.2, 0) is 0 Å². The number of benzene rings is 6. The average molecular weight is 603 g/mol. The van der Waals surface area contributed by atoms with Gasteiger partial charge in [0.15, 0.2) is 0 Å². The molecule has 3 aromatic heterocycles. The minimum absolute atomic E-state index is 0.936. The Morgan fingerprint density at radius 2 is 1.17 bits per heavy atom. The maximum atomic E-state index is 5.27. The summed E-state index contributed by atoms with van der Waals surface area (Å²) in [6.07, 6.45) is 0. The highest BCUT2D eigenvalue weighted by Gasteiger charge is 2.18. The van der Waals surface area contributed by atoms with Crippen LogP contribution in [0.4, 0.5) is 0 Å². The summed E-state index contributed by atoms with van der Waals surface area (Å²) in [5.74, 6) is 0.936. The van der Waals surface area contributed by atoms with Crippen LogP contribution >= 0.6 is 0 Å². The van der Waals surface area contributed by atoms with Crippen molar-refractivity contribution in [3.8, 4) is 50.7 Å². The first-order chi connectivity index (χ1) is 23.2. The second-order valence-electron chi connectivity index (χ2n) is 12.0. The molecule has 6 aromatic carbocycles. The molecule has 0 saturated carbocycles.